The molecule has 0 aliphatic carbocycles. The molecule has 0 radical (unpaired) electrons. The van der Waals surface area contributed by atoms with Crippen LogP contribution in [-0.4, -0.2) is 17.4 Å². The van der Waals surface area contributed by atoms with Crippen molar-refractivity contribution < 1.29 is 4.79 Å². The molecule has 1 aromatic heterocycles. The van der Waals surface area contributed by atoms with Crippen molar-refractivity contribution in [3.8, 4) is 6.07 Å². The first-order chi connectivity index (χ1) is 7.29. The molecular weight excluding hydrogens is 190 g/mol. The highest BCUT2D eigenvalue weighted by Crippen LogP contribution is 2.11. The molecule has 1 N–H and O–H groups in total. The summed E-state index contributed by atoms with van der Waals surface area (Å²) in [5.41, 5.74) is 0.460. The average Bonchev–Trinajstić information content (AvgIpc) is 2.29. The minimum Gasteiger partial charge on any atom is -0.351 e. The topological polar surface area (TPSA) is 65.8 Å². The Hall–Kier alpha value is -2.15. The summed E-state index contributed by atoms with van der Waals surface area (Å²) in [6.45, 7) is 3.83. The lowest BCUT2D eigenvalue weighted by molar-refractivity contribution is -0.121. The van der Waals surface area contributed by atoms with Gasteiger partial charge in [-0.2, -0.15) is 5.26 Å². The summed E-state index contributed by atoms with van der Waals surface area (Å²) in [5.74, 6) is -1.21. The predicted octanol–water partition coefficient (Wildman–Crippen LogP) is 0.991. The number of amides is 1. The maximum atomic E-state index is 11.5. The zero-order valence-corrected chi connectivity index (χ0v) is 8.18. The number of carbonyl (C=O) groups is 1. The number of nitriles is 1. The van der Waals surface area contributed by atoms with Crippen molar-refractivity contribution in [3.05, 3.63) is 42.7 Å². The molecule has 0 saturated heterocycles. The Balaban J connectivity index is 2.77. The molecule has 15 heavy (non-hydrogen) atoms. The lowest BCUT2D eigenvalue weighted by Gasteiger charge is -2.07. The summed E-state index contributed by atoms with van der Waals surface area (Å²) < 4.78 is 0. The third-order valence-corrected chi connectivity index (χ3v) is 1.80. The molecule has 1 atom stereocenters. The Morgan fingerprint density at radius 3 is 3.07 bits per heavy atom. The number of hydrogen-bond donors (Lipinski definition) is 1. The van der Waals surface area contributed by atoms with Gasteiger partial charge in [-0.1, -0.05) is 12.1 Å². The van der Waals surface area contributed by atoms with E-state index in [9.17, 15) is 4.79 Å². The van der Waals surface area contributed by atoms with Gasteiger partial charge in [0.1, 0.15) is 0 Å². The van der Waals surface area contributed by atoms with Gasteiger partial charge in [-0.15, -0.1) is 6.58 Å². The van der Waals surface area contributed by atoms with Crippen molar-refractivity contribution >= 4 is 5.91 Å². The Morgan fingerprint density at radius 1 is 1.73 bits per heavy atom. The van der Waals surface area contributed by atoms with E-state index in [0.29, 0.717) is 12.2 Å². The van der Waals surface area contributed by atoms with E-state index in [-0.39, 0.29) is 5.91 Å². The zero-order valence-electron chi connectivity index (χ0n) is 8.18. The second-order valence-corrected chi connectivity index (χ2v) is 2.85. The molecule has 0 spiro atoms. The molecule has 4 nitrogen and oxygen atoms in total. The molecule has 0 aliphatic heterocycles. The minimum absolute atomic E-state index is 0.351. The number of pyridine rings is 1. The third-order valence-electron chi connectivity index (χ3n) is 1.80. The van der Waals surface area contributed by atoms with Gasteiger partial charge in [0.2, 0.25) is 5.91 Å². The van der Waals surface area contributed by atoms with Crippen LogP contribution >= 0.6 is 0 Å². The molecule has 1 aromatic rings. The lowest BCUT2D eigenvalue weighted by atomic mass is 10.1. The summed E-state index contributed by atoms with van der Waals surface area (Å²) in [6, 6.07) is 7.05. The fourth-order valence-corrected chi connectivity index (χ4v) is 1.08. The normalized spacial score (nSPS) is 11.1. The Morgan fingerprint density at radius 2 is 2.53 bits per heavy atom. The van der Waals surface area contributed by atoms with Crippen LogP contribution in [0.4, 0.5) is 0 Å². The number of nitrogens with one attached hydrogen (secondary N) is 1. The molecule has 0 aliphatic rings. The summed E-state index contributed by atoms with van der Waals surface area (Å²) in [4.78, 5) is 15.5. The monoisotopic (exact) mass is 201 g/mol. The van der Waals surface area contributed by atoms with Crippen molar-refractivity contribution in [3.63, 3.8) is 0 Å². The van der Waals surface area contributed by atoms with Gasteiger partial charge in [0, 0.05) is 12.7 Å². The van der Waals surface area contributed by atoms with Crippen LogP contribution in [0.15, 0.2) is 37.1 Å². The van der Waals surface area contributed by atoms with E-state index in [4.69, 9.17) is 5.26 Å². The highest BCUT2D eigenvalue weighted by molar-refractivity contribution is 5.85. The van der Waals surface area contributed by atoms with Crippen LogP contribution in [0.1, 0.15) is 11.6 Å². The molecule has 0 bridgehead atoms. The van der Waals surface area contributed by atoms with E-state index < -0.39 is 5.92 Å². The molecule has 1 rings (SSSR count). The molecule has 1 heterocycles. The highest BCUT2D eigenvalue weighted by atomic mass is 16.1. The quantitative estimate of drug-likeness (QED) is 0.739. The smallest absolute Gasteiger partial charge is 0.243 e. The number of rotatable bonds is 4. The first-order valence-electron chi connectivity index (χ1n) is 4.48. The van der Waals surface area contributed by atoms with Gasteiger partial charge in [-0.05, 0) is 12.1 Å². The average molecular weight is 201 g/mol. The SMILES string of the molecule is C=CCNC(=O)C(C#N)c1ccccn1. The van der Waals surface area contributed by atoms with Crippen LogP contribution in [0.2, 0.25) is 0 Å². The number of hydrogen-bond acceptors (Lipinski definition) is 3. The predicted molar refractivity (Wildman–Crippen MR) is 55.8 cm³/mol. The van der Waals surface area contributed by atoms with Gasteiger partial charge >= 0.3 is 0 Å². The summed E-state index contributed by atoms with van der Waals surface area (Å²) in [6.07, 6.45) is 3.12. The van der Waals surface area contributed by atoms with Crippen LogP contribution in [0, 0.1) is 11.3 Å². The van der Waals surface area contributed by atoms with Crippen molar-refractivity contribution in [2.24, 2.45) is 0 Å². The summed E-state index contributed by atoms with van der Waals surface area (Å²) in [7, 11) is 0. The maximum absolute atomic E-state index is 11.5. The lowest BCUT2D eigenvalue weighted by Crippen LogP contribution is -2.29. The van der Waals surface area contributed by atoms with Gasteiger partial charge in [0.15, 0.2) is 5.92 Å². The van der Waals surface area contributed by atoms with E-state index in [1.165, 1.54) is 0 Å². The van der Waals surface area contributed by atoms with E-state index in [1.807, 2.05) is 6.07 Å². The maximum Gasteiger partial charge on any atom is 0.243 e. The summed E-state index contributed by atoms with van der Waals surface area (Å²) >= 11 is 0. The first kappa shape index (κ1) is 10.9. The molecule has 0 fully saturated rings. The Kier molecular flexibility index (Phi) is 4.05. The standard InChI is InChI=1S/C11H11N3O/c1-2-6-14-11(15)9(8-12)10-5-3-4-7-13-10/h2-5,7,9H,1,6H2,(H,14,15). The van der Waals surface area contributed by atoms with Gasteiger partial charge in [-0.25, -0.2) is 0 Å². The number of aromatic nitrogens is 1. The van der Waals surface area contributed by atoms with Gasteiger partial charge in [0.25, 0.3) is 0 Å². The molecule has 0 saturated carbocycles. The van der Waals surface area contributed by atoms with Crippen molar-refractivity contribution in [2.45, 2.75) is 5.92 Å². The van der Waals surface area contributed by atoms with Crippen LogP contribution in [-0.2, 0) is 4.79 Å². The minimum atomic E-state index is -0.855. The van der Waals surface area contributed by atoms with Crippen molar-refractivity contribution in [1.82, 2.24) is 10.3 Å². The van der Waals surface area contributed by atoms with Gasteiger partial charge in [-0.3, -0.25) is 9.78 Å². The molecular formula is C11H11N3O. The van der Waals surface area contributed by atoms with Crippen LogP contribution in [0.25, 0.3) is 0 Å². The van der Waals surface area contributed by atoms with E-state index >= 15 is 0 Å². The Bertz CT molecular complexity index is 381. The Labute approximate surface area is 88.3 Å². The van der Waals surface area contributed by atoms with E-state index in [0.717, 1.165) is 0 Å². The second kappa shape index (κ2) is 5.55. The van der Waals surface area contributed by atoms with Crippen molar-refractivity contribution in [2.75, 3.05) is 6.54 Å². The van der Waals surface area contributed by atoms with E-state index in [2.05, 4.69) is 16.9 Å². The number of carbonyl (C=O) groups excluding carboxylic acids is 1. The fraction of sp³-hybridized carbons (Fsp3) is 0.182. The zero-order chi connectivity index (χ0) is 11.1. The molecule has 1 amide bonds. The largest absolute Gasteiger partial charge is 0.351 e. The van der Waals surface area contributed by atoms with Crippen LogP contribution in [0.3, 0.4) is 0 Å². The third kappa shape index (κ3) is 2.92. The summed E-state index contributed by atoms with van der Waals surface area (Å²) in [5, 5.41) is 11.4. The van der Waals surface area contributed by atoms with Gasteiger partial charge in [0.05, 0.1) is 11.8 Å². The second-order valence-electron chi connectivity index (χ2n) is 2.85. The van der Waals surface area contributed by atoms with Crippen molar-refractivity contribution in [1.29, 1.82) is 5.26 Å². The molecule has 1 unspecified atom stereocenters. The molecule has 76 valence electrons. The van der Waals surface area contributed by atoms with E-state index in [1.54, 1.807) is 30.5 Å². The highest BCUT2D eigenvalue weighted by Gasteiger charge is 2.20. The fourth-order valence-electron chi connectivity index (χ4n) is 1.08. The van der Waals surface area contributed by atoms with Crippen LogP contribution in [0.5, 0.6) is 0 Å². The molecule has 4 heteroatoms. The number of nitrogens with zero attached hydrogens (tertiary/aromatic N) is 2. The van der Waals surface area contributed by atoms with Crippen LogP contribution < -0.4 is 5.32 Å². The molecule has 0 aromatic carbocycles. The first-order valence-corrected chi connectivity index (χ1v) is 4.48. The van der Waals surface area contributed by atoms with Gasteiger partial charge < -0.3 is 5.32 Å².